The molecule has 0 bridgehead atoms. The molecule has 0 radical (unpaired) electrons. The molecule has 1 aliphatic rings. The first-order valence-electron chi connectivity index (χ1n) is 8.47. The van der Waals surface area contributed by atoms with Gasteiger partial charge in [-0.2, -0.15) is 0 Å². The summed E-state index contributed by atoms with van der Waals surface area (Å²) in [6, 6.07) is 17.1. The summed E-state index contributed by atoms with van der Waals surface area (Å²) in [6.45, 7) is 0.771. The average Bonchev–Trinajstić information content (AvgIpc) is 3.26. The Bertz CT molecular complexity index is 982. The van der Waals surface area contributed by atoms with E-state index in [2.05, 4.69) is 10.2 Å². The molecule has 0 spiro atoms. The lowest BCUT2D eigenvalue weighted by atomic mass is 10.2. The molecule has 1 unspecified atom stereocenters. The highest BCUT2D eigenvalue weighted by atomic mass is 16.6. The van der Waals surface area contributed by atoms with E-state index in [9.17, 15) is 9.59 Å². The minimum absolute atomic E-state index is 0.208. The zero-order valence-corrected chi connectivity index (χ0v) is 14.3. The number of ether oxygens (including phenoxy) is 2. The molecule has 0 saturated carbocycles. The van der Waals surface area contributed by atoms with E-state index in [0.29, 0.717) is 24.6 Å². The van der Waals surface area contributed by atoms with Gasteiger partial charge in [-0.3, -0.25) is 4.90 Å². The number of carbonyl (C=O) groups is 1. The topological polar surface area (TPSA) is 97.7 Å². The van der Waals surface area contributed by atoms with Gasteiger partial charge >= 0.3 is 11.8 Å². The SMILES string of the molecule is O=C1OC(Cc2n[nH]c(=O)o2)CN1c1cccc(OCc2ccccc2)c1. The van der Waals surface area contributed by atoms with Gasteiger partial charge in [0, 0.05) is 6.07 Å². The van der Waals surface area contributed by atoms with Crippen molar-refractivity contribution < 1.29 is 18.7 Å². The standard InChI is InChI=1S/C19H17N3O5/c23-18-21-20-17(27-18)10-16-11-22(19(24)26-16)14-7-4-8-15(9-14)25-12-13-5-2-1-3-6-13/h1-9,16H,10-12H2,(H,21,23). The first kappa shape index (κ1) is 16.9. The van der Waals surface area contributed by atoms with Gasteiger partial charge in [-0.25, -0.2) is 14.7 Å². The van der Waals surface area contributed by atoms with E-state index in [1.54, 1.807) is 6.07 Å². The molecule has 1 saturated heterocycles. The fraction of sp³-hybridized carbons (Fsp3) is 0.211. The Hall–Kier alpha value is -3.55. The quantitative estimate of drug-likeness (QED) is 0.719. The first-order valence-corrected chi connectivity index (χ1v) is 8.47. The first-order chi connectivity index (χ1) is 13.2. The van der Waals surface area contributed by atoms with Crippen LogP contribution in [-0.4, -0.2) is 28.9 Å². The minimum atomic E-state index is -0.630. The van der Waals surface area contributed by atoms with Crippen LogP contribution < -0.4 is 15.4 Å². The van der Waals surface area contributed by atoms with E-state index < -0.39 is 18.0 Å². The van der Waals surface area contributed by atoms with Gasteiger partial charge in [-0.15, -0.1) is 5.10 Å². The fourth-order valence-electron chi connectivity index (χ4n) is 2.86. The molecule has 27 heavy (non-hydrogen) atoms. The Morgan fingerprint density at radius 1 is 1.15 bits per heavy atom. The Morgan fingerprint density at radius 3 is 2.78 bits per heavy atom. The monoisotopic (exact) mass is 367 g/mol. The third-order valence-corrected chi connectivity index (χ3v) is 4.14. The maximum absolute atomic E-state index is 12.2. The molecule has 1 N–H and O–H groups in total. The Balaban J connectivity index is 1.42. The molecule has 1 aromatic heterocycles. The van der Waals surface area contributed by atoms with Crippen molar-refractivity contribution in [1.82, 2.24) is 10.2 Å². The third-order valence-electron chi connectivity index (χ3n) is 4.14. The number of hydrogen-bond donors (Lipinski definition) is 1. The third kappa shape index (κ3) is 4.00. The second kappa shape index (κ2) is 7.36. The number of carbonyl (C=O) groups excluding carboxylic acids is 1. The molecular weight excluding hydrogens is 350 g/mol. The highest BCUT2D eigenvalue weighted by Crippen LogP contribution is 2.26. The summed E-state index contributed by atoms with van der Waals surface area (Å²) in [5.74, 6) is 0.236. The molecule has 8 heteroatoms. The zero-order valence-electron chi connectivity index (χ0n) is 14.3. The smallest absolute Gasteiger partial charge is 0.434 e. The number of nitrogens with zero attached hydrogens (tertiary/aromatic N) is 2. The molecule has 1 amide bonds. The lowest BCUT2D eigenvalue weighted by Gasteiger charge is -2.14. The van der Waals surface area contributed by atoms with Gasteiger partial charge in [0.2, 0.25) is 5.89 Å². The van der Waals surface area contributed by atoms with Crippen molar-refractivity contribution in [3.8, 4) is 5.75 Å². The second-order valence-corrected chi connectivity index (χ2v) is 6.10. The van der Waals surface area contributed by atoms with Crippen LogP contribution in [0.1, 0.15) is 11.5 Å². The normalized spacial score (nSPS) is 16.4. The van der Waals surface area contributed by atoms with Gasteiger partial charge in [0.25, 0.3) is 0 Å². The highest BCUT2D eigenvalue weighted by Gasteiger charge is 2.33. The fourth-order valence-corrected chi connectivity index (χ4v) is 2.86. The summed E-state index contributed by atoms with van der Waals surface area (Å²) in [6.07, 6.45) is -0.679. The van der Waals surface area contributed by atoms with Crippen LogP contribution >= 0.6 is 0 Å². The predicted octanol–water partition coefficient (Wildman–Crippen LogP) is 2.51. The van der Waals surface area contributed by atoms with Crippen LogP contribution in [0, 0.1) is 0 Å². The largest absolute Gasteiger partial charge is 0.489 e. The molecule has 4 rings (SSSR count). The summed E-state index contributed by atoms with van der Waals surface area (Å²) in [5, 5.41) is 5.92. The molecule has 2 heterocycles. The van der Waals surface area contributed by atoms with Crippen molar-refractivity contribution in [1.29, 1.82) is 0 Å². The molecule has 8 nitrogen and oxygen atoms in total. The summed E-state index contributed by atoms with van der Waals surface area (Å²) in [4.78, 5) is 24.7. The molecular formula is C19H17N3O5. The number of aromatic amines is 1. The van der Waals surface area contributed by atoms with Gasteiger partial charge in [-0.05, 0) is 17.7 Å². The van der Waals surface area contributed by atoms with Gasteiger partial charge in [-0.1, -0.05) is 36.4 Å². The molecule has 0 aliphatic carbocycles. The van der Waals surface area contributed by atoms with Crippen LogP contribution in [0.15, 0.2) is 63.8 Å². The lowest BCUT2D eigenvalue weighted by molar-refractivity contribution is 0.137. The predicted molar refractivity (Wildman–Crippen MR) is 95.7 cm³/mol. The average molecular weight is 367 g/mol. The Morgan fingerprint density at radius 2 is 2.00 bits per heavy atom. The number of hydrogen-bond acceptors (Lipinski definition) is 6. The van der Waals surface area contributed by atoms with Crippen LogP contribution in [-0.2, 0) is 17.8 Å². The van der Waals surface area contributed by atoms with E-state index in [1.165, 1.54) is 4.90 Å². The summed E-state index contributed by atoms with van der Waals surface area (Å²) < 4.78 is 16.0. The summed E-state index contributed by atoms with van der Waals surface area (Å²) in [7, 11) is 0. The zero-order chi connectivity index (χ0) is 18.6. The van der Waals surface area contributed by atoms with Crippen LogP contribution in [0.2, 0.25) is 0 Å². The van der Waals surface area contributed by atoms with E-state index in [1.807, 2.05) is 48.5 Å². The van der Waals surface area contributed by atoms with Crippen molar-refractivity contribution in [2.24, 2.45) is 0 Å². The van der Waals surface area contributed by atoms with E-state index >= 15 is 0 Å². The van der Waals surface area contributed by atoms with Crippen molar-refractivity contribution in [2.75, 3.05) is 11.4 Å². The van der Waals surface area contributed by atoms with Gasteiger partial charge in [0.05, 0.1) is 18.7 Å². The molecule has 1 fully saturated rings. The van der Waals surface area contributed by atoms with E-state index in [0.717, 1.165) is 5.56 Å². The molecule has 138 valence electrons. The molecule has 1 aliphatic heterocycles. The van der Waals surface area contributed by atoms with Gasteiger partial charge in [0.1, 0.15) is 18.5 Å². The van der Waals surface area contributed by atoms with Crippen LogP contribution in [0.3, 0.4) is 0 Å². The summed E-state index contributed by atoms with van der Waals surface area (Å²) >= 11 is 0. The Kier molecular flexibility index (Phi) is 4.61. The minimum Gasteiger partial charge on any atom is -0.489 e. The highest BCUT2D eigenvalue weighted by molar-refractivity contribution is 5.90. The van der Waals surface area contributed by atoms with E-state index in [4.69, 9.17) is 13.9 Å². The van der Waals surface area contributed by atoms with Gasteiger partial charge in [0.15, 0.2) is 0 Å². The number of H-pyrrole nitrogens is 1. The van der Waals surface area contributed by atoms with Crippen molar-refractivity contribution in [3.63, 3.8) is 0 Å². The van der Waals surface area contributed by atoms with Gasteiger partial charge < -0.3 is 13.9 Å². The number of amides is 1. The van der Waals surface area contributed by atoms with Crippen LogP contribution in [0.5, 0.6) is 5.75 Å². The number of aromatic nitrogens is 2. The molecule has 2 aromatic carbocycles. The number of rotatable bonds is 6. The number of nitrogens with one attached hydrogen (secondary N) is 1. The van der Waals surface area contributed by atoms with E-state index in [-0.39, 0.29) is 12.3 Å². The number of cyclic esters (lactones) is 1. The van der Waals surface area contributed by atoms with Crippen molar-refractivity contribution in [2.45, 2.75) is 19.1 Å². The van der Waals surface area contributed by atoms with Crippen molar-refractivity contribution in [3.05, 3.63) is 76.6 Å². The molecule has 3 aromatic rings. The molecule has 1 atom stereocenters. The maximum atomic E-state index is 12.2. The second-order valence-electron chi connectivity index (χ2n) is 6.10. The van der Waals surface area contributed by atoms with Crippen LogP contribution in [0.4, 0.5) is 10.5 Å². The number of anilines is 1. The summed E-state index contributed by atoms with van der Waals surface area (Å²) in [5.41, 5.74) is 1.74. The number of benzene rings is 2. The van der Waals surface area contributed by atoms with Crippen LogP contribution in [0.25, 0.3) is 0 Å². The lowest BCUT2D eigenvalue weighted by Crippen LogP contribution is -2.25. The Labute approximate surface area is 154 Å². The van der Waals surface area contributed by atoms with Crippen molar-refractivity contribution >= 4 is 11.8 Å². The maximum Gasteiger partial charge on any atom is 0.434 e.